The van der Waals surface area contributed by atoms with E-state index in [4.69, 9.17) is 9.47 Å². The molecule has 1 aromatic heterocycles. The van der Waals surface area contributed by atoms with E-state index in [1.807, 2.05) is 63.2 Å². The van der Waals surface area contributed by atoms with Gasteiger partial charge in [-0.05, 0) is 51.1 Å². The van der Waals surface area contributed by atoms with Gasteiger partial charge in [0.25, 0.3) is 0 Å². The van der Waals surface area contributed by atoms with Crippen molar-refractivity contribution in [2.24, 2.45) is 0 Å². The largest absolute Gasteiger partial charge is 0.454 e. The molecule has 0 aliphatic rings. The Labute approximate surface area is 182 Å². The van der Waals surface area contributed by atoms with Gasteiger partial charge >= 0.3 is 5.97 Å². The molecule has 0 radical (unpaired) electrons. The highest BCUT2D eigenvalue weighted by Gasteiger charge is 2.21. The van der Waals surface area contributed by atoms with Crippen LogP contribution in [0.1, 0.15) is 45.1 Å². The number of ketones is 1. The Morgan fingerprint density at radius 1 is 1.00 bits per heavy atom. The summed E-state index contributed by atoms with van der Waals surface area (Å²) in [5, 5.41) is 3.22. The summed E-state index contributed by atoms with van der Waals surface area (Å²) in [6.07, 6.45) is 0. The number of benzene rings is 2. The maximum atomic E-state index is 12.8. The monoisotopic (exact) mass is 420 g/mol. The second kappa shape index (κ2) is 10.1. The molecule has 2 aromatic carbocycles. The number of ether oxygens (including phenoxy) is 2. The zero-order chi connectivity index (χ0) is 22.4. The summed E-state index contributed by atoms with van der Waals surface area (Å²) >= 11 is 0. The lowest BCUT2D eigenvalue weighted by Crippen LogP contribution is -2.17. The van der Waals surface area contributed by atoms with E-state index in [9.17, 15) is 9.59 Å². The third kappa shape index (κ3) is 5.22. The molecule has 0 bridgehead atoms. The molecule has 0 spiro atoms. The third-order valence-electron chi connectivity index (χ3n) is 5.17. The van der Waals surface area contributed by atoms with Crippen LogP contribution in [0.4, 0.5) is 11.4 Å². The van der Waals surface area contributed by atoms with Crippen molar-refractivity contribution in [1.29, 1.82) is 0 Å². The molecular weight excluding hydrogens is 392 g/mol. The first kappa shape index (κ1) is 22.3. The van der Waals surface area contributed by atoms with E-state index in [2.05, 4.69) is 9.88 Å². The van der Waals surface area contributed by atoms with E-state index < -0.39 is 5.97 Å². The minimum Gasteiger partial charge on any atom is -0.454 e. The highest BCUT2D eigenvalue weighted by molar-refractivity contribution is 6.02. The number of para-hydroxylation sites is 2. The molecular formula is C25H28N2O4. The first-order valence-corrected chi connectivity index (χ1v) is 10.2. The van der Waals surface area contributed by atoms with Gasteiger partial charge < -0.3 is 19.4 Å². The molecule has 162 valence electrons. The van der Waals surface area contributed by atoms with Crippen LogP contribution in [0.25, 0.3) is 0 Å². The summed E-state index contributed by atoms with van der Waals surface area (Å²) in [7, 11) is 1.65. The van der Waals surface area contributed by atoms with Crippen LogP contribution in [-0.4, -0.2) is 36.6 Å². The minimum absolute atomic E-state index is 0.102. The maximum absolute atomic E-state index is 12.8. The van der Waals surface area contributed by atoms with Gasteiger partial charge in [0.15, 0.2) is 6.61 Å². The van der Waals surface area contributed by atoms with E-state index in [1.54, 1.807) is 25.3 Å². The summed E-state index contributed by atoms with van der Waals surface area (Å²) < 4.78 is 12.7. The summed E-state index contributed by atoms with van der Waals surface area (Å²) in [4.78, 5) is 25.5. The van der Waals surface area contributed by atoms with Gasteiger partial charge in [0.05, 0.1) is 23.9 Å². The van der Waals surface area contributed by atoms with Crippen LogP contribution in [0.5, 0.6) is 0 Å². The zero-order valence-electron chi connectivity index (χ0n) is 18.3. The van der Waals surface area contributed by atoms with Gasteiger partial charge in [0, 0.05) is 29.7 Å². The topological polar surface area (TPSA) is 69.6 Å². The molecule has 6 heteroatoms. The van der Waals surface area contributed by atoms with Gasteiger partial charge in [0.2, 0.25) is 5.78 Å². The third-order valence-corrected chi connectivity index (χ3v) is 5.17. The first-order valence-electron chi connectivity index (χ1n) is 10.2. The molecule has 1 heterocycles. The molecule has 1 atom stereocenters. The lowest BCUT2D eigenvalue weighted by Gasteiger charge is -2.17. The first-order chi connectivity index (χ1) is 14.9. The molecule has 0 amide bonds. The Morgan fingerprint density at radius 3 is 2.39 bits per heavy atom. The number of aryl methyl sites for hydroxylation is 1. The van der Waals surface area contributed by atoms with E-state index in [1.165, 1.54) is 0 Å². The van der Waals surface area contributed by atoms with Crippen LogP contribution >= 0.6 is 0 Å². The number of carbonyl (C=O) groups excluding carboxylic acids is 2. The number of hydrogen-bond donors (Lipinski definition) is 1. The lowest BCUT2D eigenvalue weighted by atomic mass is 10.1. The summed E-state index contributed by atoms with van der Waals surface area (Å²) in [6, 6.07) is 18.6. The second-order valence-corrected chi connectivity index (χ2v) is 7.50. The standard InChI is InChI=1S/C25H28N2O4/c1-17-14-22(19(3)27(17)18(2)15-30-4)24(28)16-31-25(29)21-12-8-9-13-23(21)26-20-10-6-5-7-11-20/h5-14,18,26H,15-16H2,1-4H3/t18-/m1/s1. The number of rotatable bonds is 9. The highest BCUT2D eigenvalue weighted by atomic mass is 16.5. The van der Waals surface area contributed by atoms with Crippen molar-refractivity contribution in [2.75, 3.05) is 25.6 Å². The van der Waals surface area contributed by atoms with Crippen LogP contribution in [0.15, 0.2) is 60.7 Å². The fourth-order valence-corrected chi connectivity index (χ4v) is 3.79. The normalized spacial score (nSPS) is 11.7. The second-order valence-electron chi connectivity index (χ2n) is 7.50. The predicted molar refractivity (Wildman–Crippen MR) is 121 cm³/mol. The Morgan fingerprint density at radius 2 is 1.68 bits per heavy atom. The van der Waals surface area contributed by atoms with Crippen LogP contribution in [0.3, 0.4) is 0 Å². The number of esters is 1. The minimum atomic E-state index is -0.547. The molecule has 0 saturated heterocycles. The molecule has 0 aliphatic heterocycles. The molecule has 3 aromatic rings. The number of carbonyl (C=O) groups is 2. The number of hydrogen-bond acceptors (Lipinski definition) is 5. The fraction of sp³-hybridized carbons (Fsp3) is 0.280. The number of nitrogens with zero attached hydrogens (tertiary/aromatic N) is 1. The molecule has 31 heavy (non-hydrogen) atoms. The average Bonchev–Trinajstić information content (AvgIpc) is 3.07. The van der Waals surface area contributed by atoms with Gasteiger partial charge in [-0.25, -0.2) is 4.79 Å². The van der Waals surface area contributed by atoms with Crippen molar-refractivity contribution < 1.29 is 19.1 Å². The van der Waals surface area contributed by atoms with Crippen molar-refractivity contribution in [2.45, 2.75) is 26.8 Å². The fourth-order valence-electron chi connectivity index (χ4n) is 3.79. The van der Waals surface area contributed by atoms with E-state index >= 15 is 0 Å². The number of Topliss-reactive ketones (excluding diaryl/α,β-unsaturated/α-hetero) is 1. The van der Waals surface area contributed by atoms with Crippen molar-refractivity contribution in [3.8, 4) is 0 Å². The van der Waals surface area contributed by atoms with Crippen molar-refractivity contribution in [1.82, 2.24) is 4.57 Å². The Bertz CT molecular complexity index is 1060. The van der Waals surface area contributed by atoms with E-state index in [0.29, 0.717) is 23.4 Å². The molecule has 0 aliphatic carbocycles. The Hall–Kier alpha value is -3.38. The Balaban J connectivity index is 1.71. The van der Waals surface area contributed by atoms with Gasteiger partial charge in [-0.15, -0.1) is 0 Å². The van der Waals surface area contributed by atoms with Crippen LogP contribution in [-0.2, 0) is 9.47 Å². The highest BCUT2D eigenvalue weighted by Crippen LogP contribution is 2.23. The van der Waals surface area contributed by atoms with Crippen LogP contribution in [0, 0.1) is 13.8 Å². The number of anilines is 2. The van der Waals surface area contributed by atoms with Crippen LogP contribution < -0.4 is 5.32 Å². The summed E-state index contributed by atoms with van der Waals surface area (Å²) in [6.45, 7) is 6.11. The van der Waals surface area contributed by atoms with Crippen LogP contribution in [0.2, 0.25) is 0 Å². The predicted octanol–water partition coefficient (Wildman–Crippen LogP) is 5.10. The van der Waals surface area contributed by atoms with Gasteiger partial charge in [-0.2, -0.15) is 0 Å². The lowest BCUT2D eigenvalue weighted by molar-refractivity contribution is 0.0475. The zero-order valence-corrected chi connectivity index (χ0v) is 18.3. The SMILES string of the molecule is COC[C@@H](C)n1c(C)cc(C(=O)COC(=O)c2ccccc2Nc2ccccc2)c1C. The Kier molecular flexibility index (Phi) is 7.26. The maximum Gasteiger partial charge on any atom is 0.340 e. The van der Waals surface area contributed by atoms with Gasteiger partial charge in [-0.3, -0.25) is 4.79 Å². The van der Waals surface area contributed by atoms with E-state index in [-0.39, 0.29) is 18.4 Å². The average molecular weight is 421 g/mol. The number of methoxy groups -OCH3 is 1. The molecule has 0 unspecified atom stereocenters. The summed E-state index contributed by atoms with van der Waals surface area (Å²) in [5.74, 6) is -0.778. The quantitative estimate of drug-likeness (QED) is 0.385. The van der Waals surface area contributed by atoms with Crippen molar-refractivity contribution in [3.05, 3.63) is 83.2 Å². The smallest absolute Gasteiger partial charge is 0.340 e. The van der Waals surface area contributed by atoms with Crippen molar-refractivity contribution in [3.63, 3.8) is 0 Å². The van der Waals surface area contributed by atoms with Crippen molar-refractivity contribution >= 4 is 23.1 Å². The summed E-state index contributed by atoms with van der Waals surface area (Å²) in [5.41, 5.74) is 4.22. The molecule has 0 saturated carbocycles. The molecule has 1 N–H and O–H groups in total. The molecule has 3 rings (SSSR count). The van der Waals surface area contributed by atoms with E-state index in [0.717, 1.165) is 17.1 Å². The van der Waals surface area contributed by atoms with Gasteiger partial charge in [-0.1, -0.05) is 30.3 Å². The number of nitrogens with one attached hydrogen (secondary N) is 1. The molecule has 0 fully saturated rings. The number of aromatic nitrogens is 1. The molecule has 6 nitrogen and oxygen atoms in total. The van der Waals surface area contributed by atoms with Gasteiger partial charge in [0.1, 0.15) is 0 Å².